The number of benzene rings is 1. The van der Waals surface area contributed by atoms with Gasteiger partial charge in [-0.05, 0) is 62.1 Å². The maximum atomic E-state index is 12.6. The van der Waals surface area contributed by atoms with Crippen LogP contribution < -0.4 is 10.5 Å². The van der Waals surface area contributed by atoms with Crippen LogP contribution in [0.1, 0.15) is 37.7 Å². The van der Waals surface area contributed by atoms with E-state index in [9.17, 15) is 9.59 Å². The van der Waals surface area contributed by atoms with E-state index in [1.807, 2.05) is 17.0 Å². The first-order valence-electron chi connectivity index (χ1n) is 8.77. The number of aryl methyl sites for hydroxylation is 1. The third-order valence-electron chi connectivity index (χ3n) is 5.41. The molecule has 130 valence electrons. The maximum absolute atomic E-state index is 12.6. The topological polar surface area (TPSA) is 72.6 Å². The predicted octanol–water partition coefficient (Wildman–Crippen LogP) is 2.13. The highest BCUT2D eigenvalue weighted by Gasteiger charge is 2.57. The van der Waals surface area contributed by atoms with E-state index in [2.05, 4.69) is 12.1 Å². The van der Waals surface area contributed by atoms with Gasteiger partial charge in [-0.25, -0.2) is 0 Å². The summed E-state index contributed by atoms with van der Waals surface area (Å²) in [6.45, 7) is 1.50. The largest absolute Gasteiger partial charge is 0.497 e. The first kappa shape index (κ1) is 16.8. The van der Waals surface area contributed by atoms with Crippen LogP contribution >= 0.6 is 0 Å². The Morgan fingerprint density at radius 2 is 2.17 bits per heavy atom. The molecule has 5 heteroatoms. The summed E-state index contributed by atoms with van der Waals surface area (Å²) in [4.78, 5) is 26.1. The lowest BCUT2D eigenvalue weighted by Crippen LogP contribution is -2.47. The number of ether oxygens (including phenoxy) is 1. The number of likely N-dealkylation sites (tertiary alicyclic amines) is 1. The molecule has 1 aromatic carbocycles. The minimum absolute atomic E-state index is 0.0407. The SMILES string of the molecule is COc1cccc(CC[C@H]2CCCN(C(=O)C3(C(N)=O)CC3)C2)c1. The van der Waals surface area contributed by atoms with Gasteiger partial charge >= 0.3 is 0 Å². The fraction of sp³-hybridized carbons (Fsp3) is 0.579. The molecule has 1 saturated heterocycles. The average molecular weight is 330 g/mol. The lowest BCUT2D eigenvalue weighted by molar-refractivity contribution is -0.144. The van der Waals surface area contributed by atoms with E-state index in [4.69, 9.17) is 10.5 Å². The minimum atomic E-state index is -0.880. The number of nitrogens with zero attached hydrogens (tertiary/aromatic N) is 1. The Kier molecular flexibility index (Phi) is 4.78. The van der Waals surface area contributed by atoms with Gasteiger partial charge in [0.2, 0.25) is 11.8 Å². The Morgan fingerprint density at radius 3 is 2.83 bits per heavy atom. The standard InChI is InChI=1S/C19H26N2O3/c1-24-16-6-2-4-14(12-16)7-8-15-5-3-11-21(13-15)18(23)19(9-10-19)17(20)22/h2,4,6,12,15H,3,5,7-11,13H2,1H3,(H2,20,22)/t15-/m1/s1. The number of piperidine rings is 1. The Morgan fingerprint density at radius 1 is 1.38 bits per heavy atom. The summed E-state index contributed by atoms with van der Waals surface area (Å²) >= 11 is 0. The van der Waals surface area contributed by atoms with Crippen LogP contribution in [0.5, 0.6) is 5.75 Å². The molecule has 24 heavy (non-hydrogen) atoms. The quantitative estimate of drug-likeness (QED) is 0.812. The summed E-state index contributed by atoms with van der Waals surface area (Å²) in [6, 6.07) is 8.14. The lowest BCUT2D eigenvalue weighted by atomic mass is 9.90. The molecule has 1 aliphatic carbocycles. The van der Waals surface area contributed by atoms with Gasteiger partial charge in [0.25, 0.3) is 0 Å². The zero-order valence-electron chi connectivity index (χ0n) is 14.3. The van der Waals surface area contributed by atoms with Crippen LogP contribution in [0.15, 0.2) is 24.3 Å². The molecule has 0 radical (unpaired) electrons. The highest BCUT2D eigenvalue weighted by molar-refractivity contribution is 6.07. The molecule has 1 heterocycles. The number of amides is 2. The Bertz CT molecular complexity index is 625. The highest BCUT2D eigenvalue weighted by Crippen LogP contribution is 2.47. The number of methoxy groups -OCH3 is 1. The molecular weight excluding hydrogens is 304 g/mol. The molecule has 0 spiro atoms. The second kappa shape index (κ2) is 6.83. The molecule has 0 bridgehead atoms. The summed E-state index contributed by atoms with van der Waals surface area (Å²) in [5.74, 6) is 0.870. The molecule has 1 saturated carbocycles. The van der Waals surface area contributed by atoms with E-state index in [1.165, 1.54) is 5.56 Å². The van der Waals surface area contributed by atoms with Gasteiger partial charge in [-0.2, -0.15) is 0 Å². The second-order valence-corrected chi connectivity index (χ2v) is 7.10. The number of primary amides is 1. The van der Waals surface area contributed by atoms with Crippen LogP contribution in [0.2, 0.25) is 0 Å². The van der Waals surface area contributed by atoms with Crippen molar-refractivity contribution < 1.29 is 14.3 Å². The molecule has 1 atom stereocenters. The average Bonchev–Trinajstić information content (AvgIpc) is 3.42. The fourth-order valence-corrected chi connectivity index (χ4v) is 3.68. The molecule has 3 rings (SSSR count). The summed E-state index contributed by atoms with van der Waals surface area (Å²) in [5.41, 5.74) is 5.82. The van der Waals surface area contributed by atoms with Crippen molar-refractivity contribution in [3.63, 3.8) is 0 Å². The molecule has 2 N–H and O–H groups in total. The van der Waals surface area contributed by atoms with Gasteiger partial charge in [-0.1, -0.05) is 12.1 Å². The van der Waals surface area contributed by atoms with Crippen molar-refractivity contribution in [1.82, 2.24) is 4.90 Å². The monoisotopic (exact) mass is 330 g/mol. The van der Waals surface area contributed by atoms with Crippen molar-refractivity contribution in [3.05, 3.63) is 29.8 Å². The maximum Gasteiger partial charge on any atom is 0.238 e. The predicted molar refractivity (Wildman–Crippen MR) is 91.5 cm³/mol. The van der Waals surface area contributed by atoms with Crippen LogP contribution in [-0.2, 0) is 16.0 Å². The summed E-state index contributed by atoms with van der Waals surface area (Å²) in [7, 11) is 1.68. The van der Waals surface area contributed by atoms with Gasteiger partial charge in [0.05, 0.1) is 7.11 Å². The molecule has 2 fully saturated rings. The third kappa shape index (κ3) is 3.40. The molecule has 5 nitrogen and oxygen atoms in total. The van der Waals surface area contributed by atoms with Crippen LogP contribution in [0.3, 0.4) is 0 Å². The molecule has 2 aliphatic rings. The Balaban J connectivity index is 1.56. The zero-order valence-corrected chi connectivity index (χ0v) is 14.3. The third-order valence-corrected chi connectivity index (χ3v) is 5.41. The van der Waals surface area contributed by atoms with E-state index >= 15 is 0 Å². The zero-order chi connectivity index (χ0) is 17.2. The van der Waals surface area contributed by atoms with Crippen molar-refractivity contribution in [3.8, 4) is 5.75 Å². The Labute approximate surface area is 143 Å². The van der Waals surface area contributed by atoms with Gasteiger partial charge < -0.3 is 15.4 Å². The Hall–Kier alpha value is -2.04. The normalized spacial score (nSPS) is 22.0. The summed E-state index contributed by atoms with van der Waals surface area (Å²) < 4.78 is 5.27. The van der Waals surface area contributed by atoms with Crippen LogP contribution in [0.4, 0.5) is 0 Å². The van der Waals surface area contributed by atoms with E-state index in [0.29, 0.717) is 18.8 Å². The van der Waals surface area contributed by atoms with Crippen LogP contribution in [-0.4, -0.2) is 36.9 Å². The summed E-state index contributed by atoms with van der Waals surface area (Å²) in [5, 5.41) is 0. The lowest BCUT2D eigenvalue weighted by Gasteiger charge is -2.34. The molecular formula is C19H26N2O3. The first-order valence-corrected chi connectivity index (χ1v) is 8.77. The van der Waals surface area contributed by atoms with Gasteiger partial charge in [0.15, 0.2) is 0 Å². The number of hydrogen-bond acceptors (Lipinski definition) is 3. The van der Waals surface area contributed by atoms with Crippen LogP contribution in [0.25, 0.3) is 0 Å². The van der Waals surface area contributed by atoms with Crippen molar-refractivity contribution >= 4 is 11.8 Å². The second-order valence-electron chi connectivity index (χ2n) is 7.10. The van der Waals surface area contributed by atoms with Gasteiger partial charge in [0, 0.05) is 13.1 Å². The van der Waals surface area contributed by atoms with Crippen molar-refractivity contribution in [2.24, 2.45) is 17.1 Å². The molecule has 1 aliphatic heterocycles. The van der Waals surface area contributed by atoms with E-state index in [1.54, 1.807) is 7.11 Å². The first-order chi connectivity index (χ1) is 11.5. The van der Waals surface area contributed by atoms with Gasteiger partial charge in [-0.3, -0.25) is 9.59 Å². The molecule has 1 aromatic rings. The number of hydrogen-bond donors (Lipinski definition) is 1. The summed E-state index contributed by atoms with van der Waals surface area (Å²) in [6.07, 6.45) is 5.39. The van der Waals surface area contributed by atoms with E-state index < -0.39 is 11.3 Å². The molecule has 0 unspecified atom stereocenters. The van der Waals surface area contributed by atoms with E-state index in [-0.39, 0.29) is 5.91 Å². The minimum Gasteiger partial charge on any atom is -0.497 e. The van der Waals surface area contributed by atoms with Crippen LogP contribution in [0, 0.1) is 11.3 Å². The molecule has 0 aromatic heterocycles. The van der Waals surface area contributed by atoms with E-state index in [0.717, 1.165) is 44.5 Å². The number of carbonyl (C=O) groups is 2. The number of nitrogens with two attached hydrogens (primary N) is 1. The van der Waals surface area contributed by atoms with Crippen molar-refractivity contribution in [1.29, 1.82) is 0 Å². The van der Waals surface area contributed by atoms with Crippen molar-refractivity contribution in [2.75, 3.05) is 20.2 Å². The van der Waals surface area contributed by atoms with Gasteiger partial charge in [-0.15, -0.1) is 0 Å². The number of rotatable bonds is 6. The fourth-order valence-electron chi connectivity index (χ4n) is 3.68. The van der Waals surface area contributed by atoms with Crippen molar-refractivity contribution in [2.45, 2.75) is 38.5 Å². The molecule has 2 amide bonds. The smallest absolute Gasteiger partial charge is 0.238 e. The number of carbonyl (C=O) groups excluding carboxylic acids is 2. The highest BCUT2D eigenvalue weighted by atomic mass is 16.5. The van der Waals surface area contributed by atoms with Gasteiger partial charge in [0.1, 0.15) is 11.2 Å².